The van der Waals surface area contributed by atoms with E-state index in [-0.39, 0.29) is 0 Å². The fraction of sp³-hybridized carbons (Fsp3) is 0.136. The molecule has 0 unspecified atom stereocenters. The molecule has 4 aromatic rings. The summed E-state index contributed by atoms with van der Waals surface area (Å²) in [6.07, 6.45) is 2.38. The van der Waals surface area contributed by atoms with Crippen molar-refractivity contribution in [2.24, 2.45) is 5.10 Å². The van der Waals surface area contributed by atoms with Gasteiger partial charge in [-0.15, -0.1) is 0 Å². The Labute approximate surface area is 168 Å². The van der Waals surface area contributed by atoms with E-state index in [1.54, 1.807) is 10.9 Å². The second-order valence-corrected chi connectivity index (χ2v) is 6.67. The van der Waals surface area contributed by atoms with Crippen LogP contribution in [-0.2, 0) is 6.42 Å². The zero-order valence-electron chi connectivity index (χ0n) is 15.5. The van der Waals surface area contributed by atoms with Crippen molar-refractivity contribution >= 4 is 29.2 Å². The van der Waals surface area contributed by atoms with Gasteiger partial charge in [0.1, 0.15) is 5.75 Å². The number of hydrogen-bond donors (Lipinski definition) is 1. The Morgan fingerprint density at radius 2 is 1.86 bits per heavy atom. The lowest BCUT2D eigenvalue weighted by Gasteiger charge is -2.07. The number of fused-ring (bicyclic) bond motifs is 1. The average Bonchev–Trinajstić information content (AvgIpc) is 3.07. The molecular formula is C22H20N4OS. The van der Waals surface area contributed by atoms with E-state index < -0.39 is 0 Å². The van der Waals surface area contributed by atoms with Crippen LogP contribution in [0.1, 0.15) is 23.9 Å². The molecular weight excluding hydrogens is 368 g/mol. The first-order valence-corrected chi connectivity index (χ1v) is 9.56. The maximum Gasteiger partial charge on any atom is 0.216 e. The first-order valence-electron chi connectivity index (χ1n) is 9.15. The zero-order valence-corrected chi connectivity index (χ0v) is 16.3. The highest BCUT2D eigenvalue weighted by atomic mass is 32.1. The largest absolute Gasteiger partial charge is 0.493 e. The molecule has 0 aliphatic carbocycles. The molecule has 0 radical (unpaired) electrons. The summed E-state index contributed by atoms with van der Waals surface area (Å²) in [7, 11) is 0. The van der Waals surface area contributed by atoms with E-state index in [1.165, 1.54) is 16.3 Å². The van der Waals surface area contributed by atoms with Crippen molar-refractivity contribution in [1.82, 2.24) is 14.9 Å². The molecule has 3 aromatic carbocycles. The summed E-state index contributed by atoms with van der Waals surface area (Å²) in [6, 6.07) is 22.4. The van der Waals surface area contributed by atoms with Gasteiger partial charge in [0.2, 0.25) is 4.77 Å². The number of aromatic amines is 1. The summed E-state index contributed by atoms with van der Waals surface area (Å²) in [5.74, 6) is 1.55. The van der Waals surface area contributed by atoms with Gasteiger partial charge < -0.3 is 4.74 Å². The third kappa shape index (κ3) is 3.73. The van der Waals surface area contributed by atoms with E-state index in [2.05, 4.69) is 45.6 Å². The number of nitrogens with one attached hydrogen (secondary N) is 1. The van der Waals surface area contributed by atoms with Gasteiger partial charge in [-0.1, -0.05) is 54.6 Å². The average molecular weight is 388 g/mol. The predicted molar refractivity (Wildman–Crippen MR) is 115 cm³/mol. The summed E-state index contributed by atoms with van der Waals surface area (Å²) in [6.45, 7) is 2.56. The number of para-hydroxylation sites is 1. The fourth-order valence-corrected chi connectivity index (χ4v) is 3.37. The number of benzene rings is 3. The molecule has 0 amide bonds. The predicted octanol–water partition coefficient (Wildman–Crippen LogP) is 4.97. The Kier molecular flexibility index (Phi) is 5.30. The van der Waals surface area contributed by atoms with Gasteiger partial charge in [0.25, 0.3) is 0 Å². The van der Waals surface area contributed by atoms with Gasteiger partial charge in [0, 0.05) is 12.0 Å². The van der Waals surface area contributed by atoms with E-state index in [0.29, 0.717) is 17.8 Å². The molecule has 28 heavy (non-hydrogen) atoms. The lowest BCUT2D eigenvalue weighted by Crippen LogP contribution is -2.02. The van der Waals surface area contributed by atoms with Crippen LogP contribution >= 0.6 is 12.2 Å². The van der Waals surface area contributed by atoms with Crippen LogP contribution in [-0.4, -0.2) is 27.7 Å². The van der Waals surface area contributed by atoms with E-state index >= 15 is 0 Å². The van der Waals surface area contributed by atoms with E-state index in [4.69, 9.17) is 17.0 Å². The van der Waals surface area contributed by atoms with Crippen molar-refractivity contribution in [2.45, 2.75) is 13.3 Å². The molecule has 0 spiro atoms. The second kappa shape index (κ2) is 8.19. The van der Waals surface area contributed by atoms with E-state index in [0.717, 1.165) is 17.1 Å². The minimum Gasteiger partial charge on any atom is -0.493 e. The Bertz CT molecular complexity index is 1190. The third-order valence-corrected chi connectivity index (χ3v) is 4.74. The molecule has 1 N–H and O–H groups in total. The summed E-state index contributed by atoms with van der Waals surface area (Å²) in [5, 5.41) is 14.2. The standard InChI is InChI=1S/C22H20N4OS/c1-2-27-20-13-6-4-9-18(20)15-23-26-21(24-25-22(26)28)14-17-11-7-10-16-8-3-5-12-19(16)17/h3-13,15H,2,14H2,1H3,(H,25,28)/b23-15-. The SMILES string of the molecule is CCOc1ccccc1/C=N\n1c(Cc2cccc3ccccc23)n[nH]c1=S. The van der Waals surface area contributed by atoms with Crippen LogP contribution in [0.5, 0.6) is 5.75 Å². The molecule has 1 heterocycles. The normalized spacial score (nSPS) is 11.3. The molecule has 0 saturated heterocycles. The molecule has 6 heteroatoms. The highest BCUT2D eigenvalue weighted by Crippen LogP contribution is 2.21. The van der Waals surface area contributed by atoms with E-state index in [1.807, 2.05) is 43.3 Å². The first-order chi connectivity index (χ1) is 13.8. The lowest BCUT2D eigenvalue weighted by molar-refractivity contribution is 0.340. The number of ether oxygens (including phenoxy) is 1. The number of aromatic nitrogens is 3. The van der Waals surface area contributed by atoms with Crippen LogP contribution in [0.3, 0.4) is 0 Å². The summed E-state index contributed by atoms with van der Waals surface area (Å²) >= 11 is 5.38. The minimum atomic E-state index is 0.459. The molecule has 0 bridgehead atoms. The smallest absolute Gasteiger partial charge is 0.216 e. The van der Waals surface area contributed by atoms with Crippen molar-refractivity contribution in [2.75, 3.05) is 6.61 Å². The van der Waals surface area contributed by atoms with Crippen molar-refractivity contribution in [3.8, 4) is 5.75 Å². The quantitative estimate of drug-likeness (QED) is 0.375. The number of rotatable bonds is 6. The van der Waals surface area contributed by atoms with Crippen LogP contribution in [0, 0.1) is 4.77 Å². The molecule has 140 valence electrons. The molecule has 4 rings (SSSR count). The molecule has 0 aliphatic heterocycles. The second-order valence-electron chi connectivity index (χ2n) is 6.29. The third-order valence-electron chi connectivity index (χ3n) is 4.48. The van der Waals surface area contributed by atoms with Crippen molar-refractivity contribution < 1.29 is 4.74 Å². The molecule has 0 atom stereocenters. The monoisotopic (exact) mass is 388 g/mol. The summed E-state index contributed by atoms with van der Waals surface area (Å²) in [4.78, 5) is 0. The van der Waals surface area contributed by atoms with Gasteiger partial charge in [-0.25, -0.2) is 0 Å². The van der Waals surface area contributed by atoms with Crippen LogP contribution < -0.4 is 4.74 Å². The zero-order chi connectivity index (χ0) is 19.3. The van der Waals surface area contributed by atoms with Gasteiger partial charge in [0.05, 0.1) is 12.8 Å². The highest BCUT2D eigenvalue weighted by molar-refractivity contribution is 7.71. The molecule has 1 aromatic heterocycles. The number of hydrogen-bond acceptors (Lipinski definition) is 4. The number of nitrogens with zero attached hydrogens (tertiary/aromatic N) is 3. The Morgan fingerprint density at radius 1 is 1.07 bits per heavy atom. The highest BCUT2D eigenvalue weighted by Gasteiger charge is 2.09. The molecule has 5 nitrogen and oxygen atoms in total. The van der Waals surface area contributed by atoms with Crippen LogP contribution in [0.4, 0.5) is 0 Å². The molecule has 0 aliphatic rings. The maximum absolute atomic E-state index is 5.66. The van der Waals surface area contributed by atoms with Crippen molar-refractivity contribution in [1.29, 1.82) is 0 Å². The summed E-state index contributed by atoms with van der Waals surface area (Å²) in [5.41, 5.74) is 2.07. The van der Waals surface area contributed by atoms with Crippen molar-refractivity contribution in [3.05, 3.63) is 88.5 Å². The van der Waals surface area contributed by atoms with Gasteiger partial charge in [-0.3, -0.25) is 5.10 Å². The maximum atomic E-state index is 5.66. The van der Waals surface area contributed by atoms with Gasteiger partial charge in [0.15, 0.2) is 5.82 Å². The Morgan fingerprint density at radius 3 is 2.75 bits per heavy atom. The molecule has 0 saturated carbocycles. The van der Waals surface area contributed by atoms with Gasteiger partial charge in [-0.2, -0.15) is 14.9 Å². The Hall–Kier alpha value is -3.25. The van der Waals surface area contributed by atoms with E-state index in [9.17, 15) is 0 Å². The van der Waals surface area contributed by atoms with Gasteiger partial charge >= 0.3 is 0 Å². The Balaban J connectivity index is 1.68. The van der Waals surface area contributed by atoms with Crippen LogP contribution in [0.15, 0.2) is 71.8 Å². The van der Waals surface area contributed by atoms with Crippen molar-refractivity contribution in [3.63, 3.8) is 0 Å². The topological polar surface area (TPSA) is 55.2 Å². The van der Waals surface area contributed by atoms with Crippen LogP contribution in [0.2, 0.25) is 0 Å². The fourth-order valence-electron chi connectivity index (χ4n) is 3.17. The van der Waals surface area contributed by atoms with Crippen LogP contribution in [0.25, 0.3) is 10.8 Å². The number of H-pyrrole nitrogens is 1. The first kappa shape index (κ1) is 18.1. The summed E-state index contributed by atoms with van der Waals surface area (Å²) < 4.78 is 7.79. The minimum absolute atomic E-state index is 0.459. The van der Waals surface area contributed by atoms with Gasteiger partial charge in [-0.05, 0) is 47.6 Å². The molecule has 0 fully saturated rings. The lowest BCUT2D eigenvalue weighted by atomic mass is 10.0.